The fraction of sp³-hybridized carbons (Fsp3) is 0.444. The van der Waals surface area contributed by atoms with Crippen molar-refractivity contribution in [1.82, 2.24) is 24.6 Å². The lowest BCUT2D eigenvalue weighted by molar-refractivity contribution is 0.118. The third-order valence-corrected chi connectivity index (χ3v) is 5.04. The molecule has 1 aliphatic heterocycles. The second-order valence-corrected chi connectivity index (χ2v) is 6.79. The third kappa shape index (κ3) is 3.01. The first-order chi connectivity index (χ1) is 12.1. The number of hydrogen-bond acceptors (Lipinski definition) is 4. The van der Waals surface area contributed by atoms with Crippen molar-refractivity contribution >= 4 is 11.0 Å². The molecule has 1 aromatic carbocycles. The second-order valence-electron chi connectivity index (χ2n) is 6.79. The van der Waals surface area contributed by atoms with E-state index in [1.54, 1.807) is 10.8 Å². The lowest BCUT2D eigenvalue weighted by Crippen LogP contribution is -2.41. The van der Waals surface area contributed by atoms with Gasteiger partial charge in [0, 0.05) is 43.1 Å². The summed E-state index contributed by atoms with van der Waals surface area (Å²) >= 11 is 0. The van der Waals surface area contributed by atoms with Crippen LogP contribution >= 0.6 is 0 Å². The minimum atomic E-state index is -0.639. The highest BCUT2D eigenvalue weighted by atomic mass is 16.3. The fourth-order valence-electron chi connectivity index (χ4n) is 3.72. The summed E-state index contributed by atoms with van der Waals surface area (Å²) in [6.07, 6.45) is 4.71. The number of nitrogens with zero attached hydrogens (tertiary/aromatic N) is 3. The summed E-state index contributed by atoms with van der Waals surface area (Å²) in [6, 6.07) is 7.73. The highest BCUT2D eigenvalue weighted by molar-refractivity contribution is 5.79. The van der Waals surface area contributed by atoms with Crippen LogP contribution in [0.25, 0.3) is 11.0 Å². The van der Waals surface area contributed by atoms with Gasteiger partial charge >= 0.3 is 5.69 Å². The highest BCUT2D eigenvalue weighted by Crippen LogP contribution is 2.29. The van der Waals surface area contributed by atoms with E-state index < -0.39 is 6.10 Å². The average molecular weight is 341 g/mol. The smallest absolute Gasteiger partial charge is 0.326 e. The molecule has 0 radical (unpaired) electrons. The van der Waals surface area contributed by atoms with E-state index in [-0.39, 0.29) is 17.8 Å². The van der Waals surface area contributed by atoms with E-state index in [2.05, 4.69) is 22.3 Å². The molecule has 0 saturated carbocycles. The van der Waals surface area contributed by atoms with Crippen molar-refractivity contribution in [2.45, 2.75) is 51.0 Å². The summed E-state index contributed by atoms with van der Waals surface area (Å²) in [6.45, 7) is 3.55. The molecule has 3 aromatic rings. The van der Waals surface area contributed by atoms with Gasteiger partial charge in [-0.25, -0.2) is 4.79 Å². The predicted octanol–water partition coefficient (Wildman–Crippen LogP) is 1.40. The minimum Gasteiger partial charge on any atom is -0.387 e. The summed E-state index contributed by atoms with van der Waals surface area (Å²) in [5.41, 5.74) is 2.31. The predicted molar refractivity (Wildman–Crippen MR) is 95.4 cm³/mol. The Bertz CT molecular complexity index is 911. The Labute approximate surface area is 145 Å². The van der Waals surface area contributed by atoms with E-state index in [1.807, 2.05) is 35.1 Å². The molecule has 0 fully saturated rings. The van der Waals surface area contributed by atoms with Gasteiger partial charge in [-0.1, -0.05) is 12.1 Å². The molecule has 0 saturated heterocycles. The average Bonchev–Trinajstić information content (AvgIpc) is 3.19. The summed E-state index contributed by atoms with van der Waals surface area (Å²) in [4.78, 5) is 15.0. The van der Waals surface area contributed by atoms with Crippen LogP contribution in [0.5, 0.6) is 0 Å². The molecule has 3 heterocycles. The number of H-pyrrole nitrogens is 1. The Kier molecular flexibility index (Phi) is 4.19. The lowest BCUT2D eigenvalue weighted by atomic mass is 9.99. The number of para-hydroxylation sites is 1. The SMILES string of the molecule is CC(CCn1cccn1)NC1CCn2c(=O)[nH]c3cccc(c32)C1O. The number of aliphatic hydroxyl groups is 1. The van der Waals surface area contributed by atoms with Gasteiger partial charge < -0.3 is 15.4 Å². The fourth-order valence-corrected chi connectivity index (χ4v) is 3.72. The van der Waals surface area contributed by atoms with Crippen molar-refractivity contribution in [2.24, 2.45) is 0 Å². The van der Waals surface area contributed by atoms with Crippen molar-refractivity contribution in [2.75, 3.05) is 0 Å². The number of aromatic amines is 1. The number of rotatable bonds is 5. The standard InChI is InChI=1S/C18H23N5O2/c1-12(6-10-22-9-3-8-19-22)20-15-7-11-23-16-13(17(15)24)4-2-5-14(16)21-18(23)25/h2-5,8-9,12,15,17,20,24H,6-7,10-11H2,1H3,(H,21,25). The zero-order valence-corrected chi connectivity index (χ0v) is 14.2. The molecule has 7 heteroatoms. The van der Waals surface area contributed by atoms with E-state index in [4.69, 9.17) is 0 Å². The first-order valence-corrected chi connectivity index (χ1v) is 8.76. The first kappa shape index (κ1) is 16.1. The molecule has 0 spiro atoms. The molecule has 4 rings (SSSR count). The monoisotopic (exact) mass is 341 g/mol. The summed E-state index contributed by atoms with van der Waals surface area (Å²) < 4.78 is 3.65. The number of benzene rings is 1. The zero-order valence-electron chi connectivity index (χ0n) is 14.2. The molecule has 25 heavy (non-hydrogen) atoms. The van der Waals surface area contributed by atoms with Crippen LogP contribution in [-0.4, -0.2) is 36.5 Å². The van der Waals surface area contributed by atoms with E-state index in [1.165, 1.54) is 0 Å². The Morgan fingerprint density at radius 3 is 3.12 bits per heavy atom. The second kappa shape index (κ2) is 6.50. The quantitative estimate of drug-likeness (QED) is 0.655. The largest absolute Gasteiger partial charge is 0.387 e. The molecule has 0 bridgehead atoms. The number of imidazole rings is 1. The molecule has 3 atom stereocenters. The van der Waals surface area contributed by atoms with Crippen LogP contribution in [0.15, 0.2) is 41.5 Å². The highest BCUT2D eigenvalue weighted by Gasteiger charge is 2.29. The van der Waals surface area contributed by atoms with Crippen LogP contribution in [-0.2, 0) is 13.1 Å². The molecule has 3 N–H and O–H groups in total. The third-order valence-electron chi connectivity index (χ3n) is 5.04. The Balaban J connectivity index is 1.51. The van der Waals surface area contributed by atoms with Gasteiger partial charge in [-0.05, 0) is 31.9 Å². The molecule has 0 amide bonds. The minimum absolute atomic E-state index is 0.0856. The number of nitrogens with one attached hydrogen (secondary N) is 2. The van der Waals surface area contributed by atoms with E-state index in [0.717, 1.165) is 29.6 Å². The van der Waals surface area contributed by atoms with Gasteiger partial charge in [0.1, 0.15) is 0 Å². The van der Waals surface area contributed by atoms with E-state index in [0.29, 0.717) is 13.0 Å². The van der Waals surface area contributed by atoms with Crippen LogP contribution in [0, 0.1) is 0 Å². The summed E-state index contributed by atoms with van der Waals surface area (Å²) in [5, 5.41) is 18.7. The van der Waals surface area contributed by atoms with Gasteiger partial charge in [-0.15, -0.1) is 0 Å². The van der Waals surface area contributed by atoms with Crippen molar-refractivity contribution in [1.29, 1.82) is 0 Å². The molecule has 3 unspecified atom stereocenters. The Hall–Kier alpha value is -2.38. The van der Waals surface area contributed by atoms with Gasteiger partial charge in [-0.3, -0.25) is 9.25 Å². The zero-order chi connectivity index (χ0) is 17.4. The molecule has 1 aliphatic rings. The topological polar surface area (TPSA) is 87.9 Å². The lowest BCUT2D eigenvalue weighted by Gasteiger charge is -2.26. The van der Waals surface area contributed by atoms with Crippen molar-refractivity contribution in [3.05, 3.63) is 52.7 Å². The molecular weight excluding hydrogens is 318 g/mol. The van der Waals surface area contributed by atoms with E-state index >= 15 is 0 Å². The Morgan fingerprint density at radius 2 is 2.32 bits per heavy atom. The van der Waals surface area contributed by atoms with Crippen LogP contribution in [0.2, 0.25) is 0 Å². The molecular formula is C18H23N5O2. The van der Waals surface area contributed by atoms with Gasteiger partial charge in [0.15, 0.2) is 0 Å². The summed E-state index contributed by atoms with van der Waals surface area (Å²) in [7, 11) is 0. The number of aryl methyl sites for hydroxylation is 2. The van der Waals surface area contributed by atoms with Crippen molar-refractivity contribution in [3.8, 4) is 0 Å². The van der Waals surface area contributed by atoms with Gasteiger partial charge in [0.05, 0.1) is 17.1 Å². The van der Waals surface area contributed by atoms with Crippen molar-refractivity contribution < 1.29 is 5.11 Å². The van der Waals surface area contributed by atoms with Gasteiger partial charge in [-0.2, -0.15) is 5.10 Å². The van der Waals surface area contributed by atoms with Crippen LogP contribution in [0.1, 0.15) is 31.4 Å². The molecule has 0 aliphatic carbocycles. The molecule has 2 aromatic heterocycles. The normalized spacial score (nSPS) is 21.4. The van der Waals surface area contributed by atoms with Crippen LogP contribution in [0.3, 0.4) is 0 Å². The molecule has 132 valence electrons. The summed E-state index contributed by atoms with van der Waals surface area (Å²) in [5.74, 6) is 0. The molecule has 7 nitrogen and oxygen atoms in total. The van der Waals surface area contributed by atoms with E-state index in [9.17, 15) is 9.90 Å². The van der Waals surface area contributed by atoms with Crippen LogP contribution in [0.4, 0.5) is 0 Å². The first-order valence-electron chi connectivity index (χ1n) is 8.76. The van der Waals surface area contributed by atoms with Crippen molar-refractivity contribution in [3.63, 3.8) is 0 Å². The number of aromatic nitrogens is 4. The maximum Gasteiger partial charge on any atom is 0.326 e. The maximum atomic E-state index is 12.2. The van der Waals surface area contributed by atoms with Crippen LogP contribution < -0.4 is 11.0 Å². The van der Waals surface area contributed by atoms with Gasteiger partial charge in [0.25, 0.3) is 0 Å². The van der Waals surface area contributed by atoms with Gasteiger partial charge in [0.2, 0.25) is 0 Å². The Morgan fingerprint density at radius 1 is 1.44 bits per heavy atom. The number of hydrogen-bond donors (Lipinski definition) is 3. The maximum absolute atomic E-state index is 12.2. The number of aliphatic hydroxyl groups excluding tert-OH is 1.